The lowest BCUT2D eigenvalue weighted by Gasteiger charge is -2.34. The Kier molecular flexibility index (Phi) is 4.06. The Morgan fingerprint density at radius 3 is 2.71 bits per heavy atom. The fourth-order valence-corrected chi connectivity index (χ4v) is 4.19. The molecular formula is C18H27N5O. The molecule has 24 heavy (non-hydrogen) atoms. The number of hydrogen-bond acceptors (Lipinski definition) is 4. The Labute approximate surface area is 142 Å². The lowest BCUT2D eigenvalue weighted by Crippen LogP contribution is -2.42. The highest BCUT2D eigenvalue weighted by atomic mass is 16.1. The molecule has 0 N–H and O–H groups in total. The van der Waals surface area contributed by atoms with Gasteiger partial charge in [-0.1, -0.05) is 33.1 Å². The maximum atomic E-state index is 12.9. The molecule has 0 radical (unpaired) electrons. The Balaban J connectivity index is 1.75. The van der Waals surface area contributed by atoms with E-state index in [1.165, 1.54) is 32.1 Å². The molecule has 1 saturated carbocycles. The molecule has 0 spiro atoms. The third kappa shape index (κ3) is 2.62. The summed E-state index contributed by atoms with van der Waals surface area (Å²) in [7, 11) is 0. The van der Waals surface area contributed by atoms with Gasteiger partial charge in [-0.15, -0.1) is 5.10 Å². The predicted molar refractivity (Wildman–Crippen MR) is 94.7 cm³/mol. The SMILES string of the molecule is CC(C)c1ncc2c(=O)n3c(nn12)N(CC1CCCCC1)CCC3. The highest BCUT2D eigenvalue weighted by molar-refractivity contribution is 5.47. The molecule has 1 aliphatic heterocycles. The van der Waals surface area contributed by atoms with Crippen molar-refractivity contribution < 1.29 is 0 Å². The van der Waals surface area contributed by atoms with E-state index in [0.29, 0.717) is 5.52 Å². The molecule has 2 aliphatic rings. The monoisotopic (exact) mass is 329 g/mol. The van der Waals surface area contributed by atoms with Gasteiger partial charge in [-0.2, -0.15) is 0 Å². The van der Waals surface area contributed by atoms with Crippen molar-refractivity contribution in [2.45, 2.75) is 64.8 Å². The van der Waals surface area contributed by atoms with Crippen LogP contribution in [0.25, 0.3) is 5.52 Å². The average molecular weight is 329 g/mol. The van der Waals surface area contributed by atoms with E-state index >= 15 is 0 Å². The molecule has 0 aromatic carbocycles. The lowest BCUT2D eigenvalue weighted by atomic mass is 9.89. The third-order valence-electron chi connectivity index (χ3n) is 5.47. The van der Waals surface area contributed by atoms with Gasteiger partial charge < -0.3 is 4.90 Å². The standard InChI is InChI=1S/C18H27N5O/c1-13(2)16-19-11-15-17(24)22-10-6-9-21(18(22)20-23(15)16)12-14-7-4-3-5-8-14/h11,13-14H,3-10,12H2,1-2H3. The number of hydrogen-bond donors (Lipinski definition) is 0. The van der Waals surface area contributed by atoms with E-state index in [2.05, 4.69) is 23.7 Å². The van der Waals surface area contributed by atoms with Crippen LogP contribution in [-0.2, 0) is 6.54 Å². The van der Waals surface area contributed by atoms with Crippen molar-refractivity contribution in [1.82, 2.24) is 19.2 Å². The van der Waals surface area contributed by atoms with Gasteiger partial charge in [-0.25, -0.2) is 9.50 Å². The molecule has 0 unspecified atom stereocenters. The minimum absolute atomic E-state index is 0.0488. The largest absolute Gasteiger partial charge is 0.341 e. The van der Waals surface area contributed by atoms with Crippen LogP contribution < -0.4 is 10.5 Å². The summed E-state index contributed by atoms with van der Waals surface area (Å²) in [4.78, 5) is 19.7. The maximum Gasteiger partial charge on any atom is 0.280 e. The lowest BCUT2D eigenvalue weighted by molar-refractivity contribution is 0.348. The highest BCUT2D eigenvalue weighted by Gasteiger charge is 2.26. The first-order valence-corrected chi connectivity index (χ1v) is 9.38. The van der Waals surface area contributed by atoms with E-state index < -0.39 is 0 Å². The predicted octanol–water partition coefficient (Wildman–Crippen LogP) is 2.80. The third-order valence-corrected chi connectivity index (χ3v) is 5.47. The molecule has 3 heterocycles. The molecule has 0 bridgehead atoms. The van der Waals surface area contributed by atoms with Gasteiger partial charge in [0.15, 0.2) is 5.52 Å². The Morgan fingerprint density at radius 1 is 1.17 bits per heavy atom. The van der Waals surface area contributed by atoms with Crippen molar-refractivity contribution in [2.75, 3.05) is 18.0 Å². The van der Waals surface area contributed by atoms with Crippen LogP contribution >= 0.6 is 0 Å². The zero-order chi connectivity index (χ0) is 16.7. The maximum absolute atomic E-state index is 12.9. The molecular weight excluding hydrogens is 302 g/mol. The fraction of sp³-hybridized carbons (Fsp3) is 0.722. The summed E-state index contributed by atoms with van der Waals surface area (Å²) < 4.78 is 3.63. The first kappa shape index (κ1) is 15.7. The number of nitrogens with zero attached hydrogens (tertiary/aromatic N) is 5. The van der Waals surface area contributed by atoms with Gasteiger partial charge in [-0.05, 0) is 25.2 Å². The first-order valence-electron chi connectivity index (χ1n) is 9.38. The van der Waals surface area contributed by atoms with Crippen LogP contribution in [0.15, 0.2) is 11.0 Å². The van der Waals surface area contributed by atoms with E-state index in [1.807, 2.05) is 4.57 Å². The molecule has 2 aromatic heterocycles. The van der Waals surface area contributed by atoms with Gasteiger partial charge in [-0.3, -0.25) is 9.36 Å². The van der Waals surface area contributed by atoms with Crippen molar-refractivity contribution in [3.8, 4) is 0 Å². The highest BCUT2D eigenvalue weighted by Crippen LogP contribution is 2.27. The van der Waals surface area contributed by atoms with Crippen LogP contribution in [0.3, 0.4) is 0 Å². The van der Waals surface area contributed by atoms with Crippen molar-refractivity contribution in [3.63, 3.8) is 0 Å². The molecule has 0 saturated heterocycles. The van der Waals surface area contributed by atoms with E-state index in [1.54, 1.807) is 10.7 Å². The molecule has 4 rings (SSSR count). The van der Waals surface area contributed by atoms with Crippen molar-refractivity contribution >= 4 is 11.5 Å². The van der Waals surface area contributed by atoms with Gasteiger partial charge in [0.25, 0.3) is 5.56 Å². The molecule has 6 nitrogen and oxygen atoms in total. The Morgan fingerprint density at radius 2 is 1.96 bits per heavy atom. The molecule has 2 aromatic rings. The van der Waals surface area contributed by atoms with Gasteiger partial charge in [0.05, 0.1) is 6.20 Å². The minimum atomic E-state index is 0.0488. The Bertz CT molecular complexity index is 785. The van der Waals surface area contributed by atoms with E-state index in [9.17, 15) is 4.79 Å². The number of rotatable bonds is 3. The number of aromatic nitrogens is 4. The molecule has 130 valence electrons. The zero-order valence-corrected chi connectivity index (χ0v) is 14.7. The zero-order valence-electron chi connectivity index (χ0n) is 14.7. The van der Waals surface area contributed by atoms with Gasteiger partial charge in [0, 0.05) is 25.6 Å². The van der Waals surface area contributed by atoms with Crippen LogP contribution in [0.2, 0.25) is 0 Å². The second-order valence-electron chi connectivity index (χ2n) is 7.63. The summed E-state index contributed by atoms with van der Waals surface area (Å²) in [6, 6.07) is 0. The summed E-state index contributed by atoms with van der Waals surface area (Å²) in [6.45, 7) is 6.98. The average Bonchev–Trinajstić information content (AvgIpc) is 3.01. The van der Waals surface area contributed by atoms with E-state index in [4.69, 9.17) is 5.10 Å². The second-order valence-corrected chi connectivity index (χ2v) is 7.63. The normalized spacial score (nSPS) is 19.2. The van der Waals surface area contributed by atoms with Crippen LogP contribution in [0.5, 0.6) is 0 Å². The summed E-state index contributed by atoms with van der Waals surface area (Å²) in [5.74, 6) is 2.70. The molecule has 0 amide bonds. The number of anilines is 1. The smallest absolute Gasteiger partial charge is 0.280 e. The quantitative estimate of drug-likeness (QED) is 0.869. The number of fused-ring (bicyclic) bond motifs is 2. The first-order chi connectivity index (χ1) is 11.6. The molecule has 0 atom stereocenters. The van der Waals surface area contributed by atoms with Crippen molar-refractivity contribution in [3.05, 3.63) is 22.4 Å². The summed E-state index contributed by atoms with van der Waals surface area (Å²) in [5.41, 5.74) is 0.648. The van der Waals surface area contributed by atoms with E-state index in [-0.39, 0.29) is 11.5 Å². The topological polar surface area (TPSA) is 55.4 Å². The van der Waals surface area contributed by atoms with Crippen LogP contribution in [-0.4, -0.2) is 32.3 Å². The minimum Gasteiger partial charge on any atom is -0.341 e. The molecule has 1 fully saturated rings. The summed E-state index contributed by atoms with van der Waals surface area (Å²) in [6.07, 6.45) is 9.38. The van der Waals surface area contributed by atoms with Crippen LogP contribution in [0, 0.1) is 5.92 Å². The number of imidazole rings is 1. The van der Waals surface area contributed by atoms with Crippen molar-refractivity contribution in [1.29, 1.82) is 0 Å². The fourth-order valence-electron chi connectivity index (χ4n) is 4.19. The van der Waals surface area contributed by atoms with Crippen molar-refractivity contribution in [2.24, 2.45) is 5.92 Å². The van der Waals surface area contributed by atoms with Gasteiger partial charge in [0.1, 0.15) is 5.82 Å². The van der Waals surface area contributed by atoms with Gasteiger partial charge >= 0.3 is 0 Å². The van der Waals surface area contributed by atoms with E-state index in [0.717, 1.165) is 43.7 Å². The Hall–Kier alpha value is -1.85. The summed E-state index contributed by atoms with van der Waals surface area (Å²) >= 11 is 0. The second kappa shape index (κ2) is 6.22. The molecule has 6 heteroatoms. The van der Waals surface area contributed by atoms with Crippen LogP contribution in [0.1, 0.15) is 64.1 Å². The van der Waals surface area contributed by atoms with Crippen LogP contribution in [0.4, 0.5) is 5.95 Å². The summed E-state index contributed by atoms with van der Waals surface area (Å²) in [5, 5.41) is 4.85. The molecule has 1 aliphatic carbocycles. The van der Waals surface area contributed by atoms with Gasteiger partial charge in [0.2, 0.25) is 5.95 Å².